The molecule has 0 saturated carbocycles. The van der Waals surface area contributed by atoms with Crippen LogP contribution in [0.4, 0.5) is 0 Å². The van der Waals surface area contributed by atoms with E-state index in [4.69, 9.17) is 10.3 Å². The predicted molar refractivity (Wildman–Crippen MR) is 72.1 cm³/mol. The molecule has 2 amide bonds. The summed E-state index contributed by atoms with van der Waals surface area (Å²) in [5.41, 5.74) is 1.43. The van der Waals surface area contributed by atoms with Gasteiger partial charge in [-0.15, -0.1) is 0 Å². The lowest BCUT2D eigenvalue weighted by atomic mass is 10.1. The van der Waals surface area contributed by atoms with Crippen LogP contribution < -0.4 is 10.8 Å². The van der Waals surface area contributed by atoms with Crippen LogP contribution in [-0.2, 0) is 14.4 Å². The number of carbonyl (C=O) groups excluding carboxylic acids is 2. The summed E-state index contributed by atoms with van der Waals surface area (Å²) in [6.45, 7) is 2.10. The normalized spacial score (nSPS) is 11.7. The number of nitrogens with one attached hydrogen (secondary N) is 2. The Morgan fingerprint density at radius 2 is 1.70 bits per heavy atom. The largest absolute Gasteiger partial charge is 0.481 e. The molecule has 116 valence electrons. The zero-order chi connectivity index (χ0) is 15.4. The van der Waals surface area contributed by atoms with E-state index in [9.17, 15) is 14.4 Å². The van der Waals surface area contributed by atoms with Crippen LogP contribution in [0.2, 0.25) is 0 Å². The first-order valence-electron chi connectivity index (χ1n) is 6.96. The quantitative estimate of drug-likeness (QED) is 0.259. The van der Waals surface area contributed by atoms with Gasteiger partial charge in [0.25, 0.3) is 5.91 Å². The Kier molecular flexibility index (Phi) is 10.3. The molecule has 0 aliphatic rings. The van der Waals surface area contributed by atoms with Gasteiger partial charge in [0.1, 0.15) is 6.04 Å². The number of aliphatic carboxylic acids is 1. The predicted octanol–water partition coefficient (Wildman–Crippen LogP) is 1.20. The van der Waals surface area contributed by atoms with Crippen molar-refractivity contribution in [3.8, 4) is 0 Å². The molecule has 7 nitrogen and oxygen atoms in total. The Balaban J connectivity index is 4.05. The molecule has 0 rings (SSSR count). The van der Waals surface area contributed by atoms with Crippen molar-refractivity contribution in [3.05, 3.63) is 0 Å². The minimum Gasteiger partial charge on any atom is -0.481 e. The van der Waals surface area contributed by atoms with Crippen molar-refractivity contribution < 1.29 is 24.7 Å². The molecule has 20 heavy (non-hydrogen) atoms. The highest BCUT2D eigenvalue weighted by atomic mass is 16.5. The summed E-state index contributed by atoms with van der Waals surface area (Å²) in [6.07, 6.45) is 5.01. The van der Waals surface area contributed by atoms with Gasteiger partial charge < -0.3 is 10.4 Å². The van der Waals surface area contributed by atoms with Crippen LogP contribution in [0, 0.1) is 0 Å². The highest BCUT2D eigenvalue weighted by Crippen LogP contribution is 2.05. The van der Waals surface area contributed by atoms with Gasteiger partial charge in [-0.1, -0.05) is 32.6 Å². The maximum atomic E-state index is 11.6. The Labute approximate surface area is 118 Å². The van der Waals surface area contributed by atoms with Gasteiger partial charge in [-0.3, -0.25) is 19.6 Å². The van der Waals surface area contributed by atoms with Gasteiger partial charge in [-0.25, -0.2) is 5.48 Å². The highest BCUT2D eigenvalue weighted by Gasteiger charge is 2.20. The Morgan fingerprint density at radius 3 is 2.25 bits per heavy atom. The standard InChI is InChI=1S/C13H24N2O5/c1-2-3-4-5-6-7-11(16)14-10(13(19)15-20)8-9-12(17)18/h10,20H,2-9H2,1H3,(H,14,16)(H,15,19)(H,17,18). The Bertz CT molecular complexity index is 320. The molecule has 0 saturated heterocycles. The van der Waals surface area contributed by atoms with E-state index >= 15 is 0 Å². The second-order valence-corrected chi connectivity index (χ2v) is 4.69. The van der Waals surface area contributed by atoms with Crippen LogP contribution in [-0.4, -0.2) is 34.1 Å². The van der Waals surface area contributed by atoms with Crippen molar-refractivity contribution >= 4 is 17.8 Å². The first kappa shape index (κ1) is 18.4. The molecule has 1 unspecified atom stereocenters. The number of carbonyl (C=O) groups is 3. The number of carboxylic acid groups (broad SMARTS) is 1. The molecule has 0 fully saturated rings. The Morgan fingerprint density at radius 1 is 1.05 bits per heavy atom. The van der Waals surface area contributed by atoms with Crippen LogP contribution in [0.15, 0.2) is 0 Å². The number of carboxylic acids is 1. The number of unbranched alkanes of at least 4 members (excludes halogenated alkanes) is 4. The molecule has 7 heteroatoms. The smallest absolute Gasteiger partial charge is 0.303 e. The van der Waals surface area contributed by atoms with Crippen molar-refractivity contribution in [2.45, 2.75) is 64.3 Å². The van der Waals surface area contributed by atoms with E-state index in [1.54, 1.807) is 0 Å². The topological polar surface area (TPSA) is 116 Å². The third-order valence-electron chi connectivity index (χ3n) is 2.92. The first-order valence-corrected chi connectivity index (χ1v) is 6.96. The fraction of sp³-hybridized carbons (Fsp3) is 0.769. The van der Waals surface area contributed by atoms with Crippen molar-refractivity contribution in [2.24, 2.45) is 0 Å². The number of hydrogen-bond acceptors (Lipinski definition) is 4. The third kappa shape index (κ3) is 9.32. The van der Waals surface area contributed by atoms with Crippen molar-refractivity contribution in [1.29, 1.82) is 0 Å². The zero-order valence-electron chi connectivity index (χ0n) is 11.9. The molecule has 0 aromatic heterocycles. The fourth-order valence-corrected chi connectivity index (χ4v) is 1.77. The minimum absolute atomic E-state index is 0.0523. The van der Waals surface area contributed by atoms with E-state index in [0.29, 0.717) is 6.42 Å². The minimum atomic E-state index is -1.06. The fourth-order valence-electron chi connectivity index (χ4n) is 1.77. The van der Waals surface area contributed by atoms with E-state index in [2.05, 4.69) is 12.2 Å². The summed E-state index contributed by atoms with van der Waals surface area (Å²) < 4.78 is 0. The highest BCUT2D eigenvalue weighted by molar-refractivity contribution is 5.87. The zero-order valence-corrected chi connectivity index (χ0v) is 11.9. The number of hydroxylamine groups is 1. The van der Waals surface area contributed by atoms with Gasteiger partial charge in [0.05, 0.1) is 0 Å². The van der Waals surface area contributed by atoms with Crippen LogP contribution >= 0.6 is 0 Å². The van der Waals surface area contributed by atoms with E-state index in [-0.39, 0.29) is 18.7 Å². The summed E-state index contributed by atoms with van der Waals surface area (Å²) >= 11 is 0. The summed E-state index contributed by atoms with van der Waals surface area (Å²) in [5, 5.41) is 19.6. The summed E-state index contributed by atoms with van der Waals surface area (Å²) in [4.78, 5) is 33.4. The van der Waals surface area contributed by atoms with Gasteiger partial charge in [0, 0.05) is 12.8 Å². The van der Waals surface area contributed by atoms with Crippen LogP contribution in [0.3, 0.4) is 0 Å². The maximum Gasteiger partial charge on any atom is 0.303 e. The summed E-state index contributed by atoms with van der Waals surface area (Å²) in [5.74, 6) is -2.17. The van der Waals surface area contributed by atoms with Gasteiger partial charge in [-0.05, 0) is 12.8 Å². The number of hydrogen-bond donors (Lipinski definition) is 4. The first-order chi connectivity index (χ1) is 9.51. The third-order valence-corrected chi connectivity index (χ3v) is 2.92. The maximum absolute atomic E-state index is 11.6. The van der Waals surface area contributed by atoms with Crippen molar-refractivity contribution in [1.82, 2.24) is 10.8 Å². The van der Waals surface area contributed by atoms with E-state index in [1.165, 1.54) is 5.48 Å². The Hall–Kier alpha value is -1.63. The molecule has 4 N–H and O–H groups in total. The van der Waals surface area contributed by atoms with Crippen LogP contribution in [0.5, 0.6) is 0 Å². The number of amides is 2. The van der Waals surface area contributed by atoms with E-state index in [1.807, 2.05) is 0 Å². The lowest BCUT2D eigenvalue weighted by Gasteiger charge is -2.15. The molecular weight excluding hydrogens is 264 g/mol. The van der Waals surface area contributed by atoms with Crippen LogP contribution in [0.25, 0.3) is 0 Å². The average molecular weight is 288 g/mol. The van der Waals surface area contributed by atoms with Crippen molar-refractivity contribution in [3.63, 3.8) is 0 Å². The molecule has 0 radical (unpaired) electrons. The molecule has 0 aliphatic heterocycles. The molecule has 0 heterocycles. The lowest BCUT2D eigenvalue weighted by Crippen LogP contribution is -2.46. The monoisotopic (exact) mass is 288 g/mol. The second-order valence-electron chi connectivity index (χ2n) is 4.69. The molecule has 0 aliphatic carbocycles. The van der Waals surface area contributed by atoms with Gasteiger partial charge in [0.15, 0.2) is 0 Å². The number of rotatable bonds is 11. The molecule has 0 bridgehead atoms. The van der Waals surface area contributed by atoms with Gasteiger partial charge >= 0.3 is 5.97 Å². The summed E-state index contributed by atoms with van der Waals surface area (Å²) in [6, 6.07) is -1.01. The van der Waals surface area contributed by atoms with Gasteiger partial charge in [-0.2, -0.15) is 0 Å². The van der Waals surface area contributed by atoms with Gasteiger partial charge in [0.2, 0.25) is 5.91 Å². The molecule has 1 atom stereocenters. The average Bonchev–Trinajstić information content (AvgIpc) is 2.42. The SMILES string of the molecule is CCCCCCCC(=O)NC(CCC(=O)O)C(=O)NO. The van der Waals surface area contributed by atoms with E-state index < -0.39 is 17.9 Å². The molecule has 0 aromatic carbocycles. The molecule has 0 spiro atoms. The van der Waals surface area contributed by atoms with E-state index in [0.717, 1.165) is 32.1 Å². The lowest BCUT2D eigenvalue weighted by molar-refractivity contribution is -0.139. The molecule has 0 aromatic rings. The van der Waals surface area contributed by atoms with Crippen LogP contribution in [0.1, 0.15) is 58.3 Å². The summed E-state index contributed by atoms with van der Waals surface area (Å²) in [7, 11) is 0. The van der Waals surface area contributed by atoms with Crippen molar-refractivity contribution in [2.75, 3.05) is 0 Å². The second kappa shape index (κ2) is 11.2. The molecular formula is C13H24N2O5.